The lowest BCUT2D eigenvalue weighted by Crippen LogP contribution is -2.45. The molecule has 0 spiro atoms. The van der Waals surface area contributed by atoms with Crippen molar-refractivity contribution in [2.24, 2.45) is 11.8 Å². The molecule has 2 unspecified atom stereocenters. The van der Waals surface area contributed by atoms with Crippen LogP contribution in [0.2, 0.25) is 5.02 Å². The van der Waals surface area contributed by atoms with Crippen molar-refractivity contribution >= 4 is 17.4 Å². The van der Waals surface area contributed by atoms with Crippen molar-refractivity contribution in [3.63, 3.8) is 0 Å². The van der Waals surface area contributed by atoms with E-state index >= 15 is 0 Å². The van der Waals surface area contributed by atoms with Crippen molar-refractivity contribution < 1.29 is 9.13 Å². The minimum atomic E-state index is -0.334. The minimum absolute atomic E-state index is 0.00524. The third-order valence-corrected chi connectivity index (χ3v) is 7.52. The molecular formula is C24H30ClFN4O. The minimum Gasteiger partial charge on any atom is -0.375 e. The van der Waals surface area contributed by atoms with E-state index in [4.69, 9.17) is 16.3 Å². The predicted molar refractivity (Wildman–Crippen MR) is 121 cm³/mol. The largest absolute Gasteiger partial charge is 0.375 e. The molecule has 0 amide bonds. The van der Waals surface area contributed by atoms with Crippen molar-refractivity contribution in [3.8, 4) is 11.3 Å². The highest BCUT2D eigenvalue weighted by Gasteiger charge is 2.44. The zero-order chi connectivity index (χ0) is 21.6. The Balaban J connectivity index is 1.17. The van der Waals surface area contributed by atoms with Crippen LogP contribution in [0.15, 0.2) is 30.3 Å². The highest BCUT2D eigenvalue weighted by Crippen LogP contribution is 2.41. The molecule has 1 saturated carbocycles. The number of aromatic nitrogens is 2. The molecule has 5 nitrogen and oxygen atoms in total. The number of ether oxygens (including phenoxy) is 1. The first kappa shape index (κ1) is 21.1. The topological polar surface area (TPSA) is 50.3 Å². The van der Waals surface area contributed by atoms with E-state index in [0.29, 0.717) is 28.4 Å². The summed E-state index contributed by atoms with van der Waals surface area (Å²) in [5.74, 6) is 1.94. The van der Waals surface area contributed by atoms with Gasteiger partial charge >= 0.3 is 0 Å². The van der Waals surface area contributed by atoms with E-state index in [-0.39, 0.29) is 11.4 Å². The van der Waals surface area contributed by atoms with Gasteiger partial charge in [-0.2, -0.15) is 0 Å². The van der Waals surface area contributed by atoms with Gasteiger partial charge in [-0.1, -0.05) is 11.6 Å². The van der Waals surface area contributed by atoms with Gasteiger partial charge < -0.3 is 10.1 Å². The number of benzene rings is 1. The van der Waals surface area contributed by atoms with Crippen LogP contribution in [0.25, 0.3) is 11.3 Å². The normalized spacial score (nSPS) is 30.3. The van der Waals surface area contributed by atoms with E-state index in [2.05, 4.69) is 34.3 Å². The highest BCUT2D eigenvalue weighted by atomic mass is 35.5. The van der Waals surface area contributed by atoms with Crippen LogP contribution in [0.4, 0.5) is 10.2 Å². The summed E-state index contributed by atoms with van der Waals surface area (Å²) in [6.45, 7) is 7.71. The van der Waals surface area contributed by atoms with Crippen LogP contribution < -0.4 is 5.32 Å². The molecular weight excluding hydrogens is 415 g/mol. The molecule has 4 atom stereocenters. The number of fused-ring (bicyclic) bond motifs is 1. The molecule has 2 aromatic rings. The van der Waals surface area contributed by atoms with E-state index in [0.717, 1.165) is 37.1 Å². The van der Waals surface area contributed by atoms with Gasteiger partial charge in [0.25, 0.3) is 0 Å². The summed E-state index contributed by atoms with van der Waals surface area (Å²) in [6.07, 6.45) is 4.63. The fourth-order valence-electron chi connectivity index (χ4n) is 5.72. The lowest BCUT2D eigenvalue weighted by molar-refractivity contribution is -0.0811. The Morgan fingerprint density at radius 1 is 1.13 bits per heavy atom. The first-order valence-corrected chi connectivity index (χ1v) is 11.7. The van der Waals surface area contributed by atoms with Gasteiger partial charge in [-0.25, -0.2) is 4.39 Å². The standard InChI is InChI=1S/C24H30ClFN4O/c1-24(2)12-19(7-8-31-24)30-13-15-9-18(10-16(15)14-30)27-23-6-5-22(28-29-23)20-11-17(26)3-4-21(20)25/h3-6,11,15-16,18-19H,7-10,12-14H2,1-2H3,(H,27,29)/t15-,16+,18?,19?. The first-order chi connectivity index (χ1) is 14.9. The number of hydrogen-bond donors (Lipinski definition) is 1. The Kier molecular flexibility index (Phi) is 5.65. The number of anilines is 1. The maximum Gasteiger partial charge on any atom is 0.148 e. The molecule has 1 aromatic heterocycles. The Labute approximate surface area is 188 Å². The number of likely N-dealkylation sites (tertiary alicyclic amines) is 1. The molecule has 3 aliphatic rings. The summed E-state index contributed by atoms with van der Waals surface area (Å²) in [5, 5.41) is 12.6. The van der Waals surface area contributed by atoms with Crippen LogP contribution in [-0.4, -0.2) is 52.5 Å². The lowest BCUT2D eigenvalue weighted by atomic mass is 9.93. The number of halogens is 2. The average Bonchev–Trinajstić information content (AvgIpc) is 3.28. The average molecular weight is 445 g/mol. The molecule has 31 heavy (non-hydrogen) atoms. The number of rotatable bonds is 4. The van der Waals surface area contributed by atoms with E-state index in [1.165, 1.54) is 38.1 Å². The van der Waals surface area contributed by atoms with E-state index < -0.39 is 0 Å². The van der Waals surface area contributed by atoms with Crippen molar-refractivity contribution in [1.29, 1.82) is 0 Å². The third-order valence-electron chi connectivity index (χ3n) is 7.19. The Morgan fingerprint density at radius 3 is 2.58 bits per heavy atom. The summed E-state index contributed by atoms with van der Waals surface area (Å²) in [6, 6.07) is 9.13. The number of nitrogens with one attached hydrogen (secondary N) is 1. The highest BCUT2D eigenvalue weighted by molar-refractivity contribution is 6.33. The molecule has 2 saturated heterocycles. The monoisotopic (exact) mass is 444 g/mol. The smallest absolute Gasteiger partial charge is 0.148 e. The second-order valence-electron chi connectivity index (χ2n) is 9.97. The Bertz CT molecular complexity index is 924. The van der Waals surface area contributed by atoms with E-state index in [1.807, 2.05) is 12.1 Å². The van der Waals surface area contributed by atoms with Crippen LogP contribution in [0.3, 0.4) is 0 Å². The fourth-order valence-corrected chi connectivity index (χ4v) is 5.93. The molecule has 2 aliphatic heterocycles. The van der Waals surface area contributed by atoms with Crippen molar-refractivity contribution in [3.05, 3.63) is 41.2 Å². The molecule has 7 heteroatoms. The third kappa shape index (κ3) is 4.57. The molecule has 3 fully saturated rings. The molecule has 1 aliphatic carbocycles. The summed E-state index contributed by atoms with van der Waals surface area (Å²) in [7, 11) is 0. The van der Waals surface area contributed by atoms with Gasteiger partial charge in [0.15, 0.2) is 0 Å². The molecule has 3 heterocycles. The van der Waals surface area contributed by atoms with Crippen LogP contribution >= 0.6 is 11.6 Å². The second kappa shape index (κ2) is 8.30. The lowest BCUT2D eigenvalue weighted by Gasteiger charge is -2.40. The van der Waals surface area contributed by atoms with E-state index in [1.54, 1.807) is 6.07 Å². The summed E-state index contributed by atoms with van der Waals surface area (Å²) in [4.78, 5) is 2.72. The summed E-state index contributed by atoms with van der Waals surface area (Å²) < 4.78 is 19.5. The Morgan fingerprint density at radius 2 is 1.90 bits per heavy atom. The first-order valence-electron chi connectivity index (χ1n) is 11.3. The fraction of sp³-hybridized carbons (Fsp3) is 0.583. The predicted octanol–water partition coefficient (Wildman–Crippen LogP) is 5.02. The molecule has 1 N–H and O–H groups in total. The van der Waals surface area contributed by atoms with Crippen molar-refractivity contribution in [2.75, 3.05) is 25.0 Å². The van der Waals surface area contributed by atoms with Crippen molar-refractivity contribution in [2.45, 2.75) is 57.2 Å². The van der Waals surface area contributed by atoms with Gasteiger partial charge in [-0.15, -0.1) is 10.2 Å². The van der Waals surface area contributed by atoms with Gasteiger partial charge in [-0.05, 0) is 81.7 Å². The molecule has 166 valence electrons. The van der Waals surface area contributed by atoms with Crippen LogP contribution in [-0.2, 0) is 4.74 Å². The maximum atomic E-state index is 13.6. The summed E-state index contributed by atoms with van der Waals surface area (Å²) >= 11 is 6.18. The molecule has 0 radical (unpaired) electrons. The van der Waals surface area contributed by atoms with E-state index in [9.17, 15) is 4.39 Å². The second-order valence-corrected chi connectivity index (χ2v) is 10.4. The van der Waals surface area contributed by atoms with Gasteiger partial charge in [0.05, 0.1) is 16.3 Å². The quantitative estimate of drug-likeness (QED) is 0.717. The van der Waals surface area contributed by atoms with Gasteiger partial charge in [0.1, 0.15) is 11.6 Å². The zero-order valence-corrected chi connectivity index (χ0v) is 18.9. The Hall–Kier alpha value is -1.76. The maximum absolute atomic E-state index is 13.6. The zero-order valence-electron chi connectivity index (χ0n) is 18.2. The summed E-state index contributed by atoms with van der Waals surface area (Å²) in [5.41, 5.74) is 1.14. The van der Waals surface area contributed by atoms with Crippen molar-refractivity contribution in [1.82, 2.24) is 15.1 Å². The van der Waals surface area contributed by atoms with Gasteiger partial charge in [-0.3, -0.25) is 4.90 Å². The van der Waals surface area contributed by atoms with Gasteiger partial charge in [0, 0.05) is 37.3 Å². The van der Waals surface area contributed by atoms with Crippen LogP contribution in [0.5, 0.6) is 0 Å². The molecule has 0 bridgehead atoms. The SMILES string of the molecule is CC1(C)CC(N2C[C@H]3CC(Nc4ccc(-c5cc(F)ccc5Cl)nn4)C[C@H]3C2)CCO1. The van der Waals surface area contributed by atoms with Crippen LogP contribution in [0, 0.1) is 17.7 Å². The number of hydrogen-bond acceptors (Lipinski definition) is 5. The molecule has 1 aromatic carbocycles. The number of nitrogens with zero attached hydrogens (tertiary/aromatic N) is 3. The van der Waals surface area contributed by atoms with Gasteiger partial charge in [0.2, 0.25) is 0 Å². The molecule has 5 rings (SSSR count). The van der Waals surface area contributed by atoms with Crippen LogP contribution in [0.1, 0.15) is 39.5 Å².